The number of carbonyl (C=O) groups excluding carboxylic acids is 1. The number of rotatable bonds is 6. The van der Waals surface area contributed by atoms with E-state index in [-0.39, 0.29) is 23.4 Å². The lowest BCUT2D eigenvalue weighted by Crippen LogP contribution is -2.42. The van der Waals surface area contributed by atoms with E-state index in [0.29, 0.717) is 11.3 Å². The maximum absolute atomic E-state index is 11.8. The summed E-state index contributed by atoms with van der Waals surface area (Å²) in [6, 6.07) is 5.80. The van der Waals surface area contributed by atoms with E-state index in [0.717, 1.165) is 12.8 Å². The van der Waals surface area contributed by atoms with Gasteiger partial charge in [-0.3, -0.25) is 14.9 Å². The molecule has 1 amide bonds. The fraction of sp³-hybridized carbons (Fsp3) is 0.357. The number of amides is 1. The largest absolute Gasteiger partial charge is 0.480 e. The fourth-order valence-electron chi connectivity index (χ4n) is 1.98. The summed E-state index contributed by atoms with van der Waals surface area (Å²) in [6.45, 7) is -0.0922. The molecule has 6 nitrogen and oxygen atoms in total. The fourth-order valence-corrected chi connectivity index (χ4v) is 2.20. The SMILES string of the molecule is N#Cc1ccc(NC(=O)CNC(C(=O)O)C2CC2)cc1Cl. The number of carbonyl (C=O) groups is 2. The van der Waals surface area contributed by atoms with Gasteiger partial charge in [0.1, 0.15) is 12.1 Å². The Labute approximate surface area is 126 Å². The van der Waals surface area contributed by atoms with E-state index in [1.807, 2.05) is 6.07 Å². The van der Waals surface area contributed by atoms with Crippen molar-refractivity contribution >= 4 is 29.2 Å². The van der Waals surface area contributed by atoms with Gasteiger partial charge < -0.3 is 10.4 Å². The third kappa shape index (κ3) is 4.18. The van der Waals surface area contributed by atoms with Gasteiger partial charge in [-0.05, 0) is 37.0 Å². The first-order valence-corrected chi connectivity index (χ1v) is 6.84. The number of hydrogen-bond donors (Lipinski definition) is 3. The highest BCUT2D eigenvalue weighted by Gasteiger charge is 2.36. The molecule has 1 aliphatic carbocycles. The summed E-state index contributed by atoms with van der Waals surface area (Å²) in [7, 11) is 0. The van der Waals surface area contributed by atoms with Crippen LogP contribution in [-0.2, 0) is 9.59 Å². The first kappa shape index (κ1) is 15.3. The van der Waals surface area contributed by atoms with E-state index in [2.05, 4.69) is 10.6 Å². The van der Waals surface area contributed by atoms with Gasteiger partial charge in [-0.1, -0.05) is 11.6 Å². The van der Waals surface area contributed by atoms with Gasteiger partial charge in [0.25, 0.3) is 0 Å². The Bertz CT molecular complexity index is 608. The third-order valence-electron chi connectivity index (χ3n) is 3.22. The number of nitrogens with zero attached hydrogens (tertiary/aromatic N) is 1. The molecule has 1 atom stereocenters. The van der Waals surface area contributed by atoms with Gasteiger partial charge in [0.05, 0.1) is 17.1 Å². The standard InChI is InChI=1S/C14H14ClN3O3/c15-11-5-10(4-3-9(11)6-16)18-12(19)7-17-13(14(20)21)8-1-2-8/h3-5,8,13,17H,1-2,7H2,(H,18,19)(H,20,21). The van der Waals surface area contributed by atoms with Crippen LogP contribution >= 0.6 is 11.6 Å². The van der Waals surface area contributed by atoms with Crippen molar-refractivity contribution < 1.29 is 14.7 Å². The molecule has 1 aliphatic rings. The van der Waals surface area contributed by atoms with E-state index in [4.69, 9.17) is 22.0 Å². The Morgan fingerprint density at radius 1 is 1.48 bits per heavy atom. The minimum atomic E-state index is -0.938. The lowest BCUT2D eigenvalue weighted by molar-refractivity contribution is -0.140. The van der Waals surface area contributed by atoms with Crippen LogP contribution < -0.4 is 10.6 Å². The third-order valence-corrected chi connectivity index (χ3v) is 3.53. The van der Waals surface area contributed by atoms with Gasteiger partial charge in [0, 0.05) is 5.69 Å². The van der Waals surface area contributed by atoms with Gasteiger partial charge in [0.15, 0.2) is 0 Å². The van der Waals surface area contributed by atoms with Crippen LogP contribution in [0.1, 0.15) is 18.4 Å². The van der Waals surface area contributed by atoms with Crippen molar-refractivity contribution in [3.63, 3.8) is 0 Å². The molecule has 1 fully saturated rings. The van der Waals surface area contributed by atoms with Crippen LogP contribution in [0.3, 0.4) is 0 Å². The molecule has 0 saturated heterocycles. The number of benzene rings is 1. The van der Waals surface area contributed by atoms with E-state index >= 15 is 0 Å². The summed E-state index contributed by atoms with van der Waals surface area (Å²) in [5.41, 5.74) is 0.788. The summed E-state index contributed by atoms with van der Waals surface area (Å²) in [6.07, 6.45) is 1.74. The van der Waals surface area contributed by atoms with Crippen LogP contribution in [0.4, 0.5) is 5.69 Å². The Kier molecular flexibility index (Phi) is 4.78. The minimum Gasteiger partial charge on any atom is -0.480 e. The predicted molar refractivity (Wildman–Crippen MR) is 76.9 cm³/mol. The highest BCUT2D eigenvalue weighted by atomic mass is 35.5. The monoisotopic (exact) mass is 307 g/mol. The molecule has 1 aromatic rings. The lowest BCUT2D eigenvalue weighted by Gasteiger charge is -2.13. The molecule has 0 heterocycles. The lowest BCUT2D eigenvalue weighted by atomic mass is 10.2. The van der Waals surface area contributed by atoms with Crippen LogP contribution in [0.25, 0.3) is 0 Å². The smallest absolute Gasteiger partial charge is 0.320 e. The first-order chi connectivity index (χ1) is 10.0. The summed E-state index contributed by atoms with van der Waals surface area (Å²) in [5.74, 6) is -1.19. The van der Waals surface area contributed by atoms with Crippen LogP contribution in [-0.4, -0.2) is 29.6 Å². The molecule has 2 rings (SSSR count). The van der Waals surface area contributed by atoms with Gasteiger partial charge in [0.2, 0.25) is 5.91 Å². The maximum atomic E-state index is 11.8. The molecular formula is C14H14ClN3O3. The number of halogens is 1. The second-order valence-electron chi connectivity index (χ2n) is 4.89. The van der Waals surface area contributed by atoms with E-state index in [1.165, 1.54) is 12.1 Å². The minimum absolute atomic E-state index is 0.0922. The number of nitrogens with one attached hydrogen (secondary N) is 2. The molecule has 3 N–H and O–H groups in total. The van der Waals surface area contributed by atoms with Crippen molar-refractivity contribution in [1.82, 2.24) is 5.32 Å². The first-order valence-electron chi connectivity index (χ1n) is 6.47. The summed E-state index contributed by atoms with van der Waals surface area (Å²) in [4.78, 5) is 22.8. The zero-order chi connectivity index (χ0) is 15.4. The van der Waals surface area contributed by atoms with Crippen molar-refractivity contribution in [2.75, 3.05) is 11.9 Å². The second-order valence-corrected chi connectivity index (χ2v) is 5.30. The van der Waals surface area contributed by atoms with Gasteiger partial charge >= 0.3 is 5.97 Å². The quantitative estimate of drug-likeness (QED) is 0.741. The van der Waals surface area contributed by atoms with E-state index in [1.54, 1.807) is 6.07 Å². The zero-order valence-corrected chi connectivity index (χ0v) is 11.9. The molecule has 0 spiro atoms. The van der Waals surface area contributed by atoms with Crippen LogP contribution in [0.15, 0.2) is 18.2 Å². The zero-order valence-electron chi connectivity index (χ0n) is 11.1. The van der Waals surface area contributed by atoms with Crippen molar-refractivity contribution in [2.24, 2.45) is 5.92 Å². The van der Waals surface area contributed by atoms with Crippen molar-refractivity contribution in [1.29, 1.82) is 5.26 Å². The summed E-state index contributed by atoms with van der Waals surface area (Å²) < 4.78 is 0. The molecule has 7 heteroatoms. The Hall–Kier alpha value is -2.10. The molecule has 1 aromatic carbocycles. The molecule has 0 aliphatic heterocycles. The Morgan fingerprint density at radius 2 is 2.19 bits per heavy atom. The van der Waals surface area contributed by atoms with E-state index in [9.17, 15) is 9.59 Å². The van der Waals surface area contributed by atoms with Crippen LogP contribution in [0.5, 0.6) is 0 Å². The average molecular weight is 308 g/mol. The Balaban J connectivity index is 1.88. The predicted octanol–water partition coefficient (Wildman–Crippen LogP) is 1.60. The summed E-state index contributed by atoms with van der Waals surface area (Å²) >= 11 is 5.86. The maximum Gasteiger partial charge on any atom is 0.320 e. The molecule has 0 bridgehead atoms. The number of hydrogen-bond acceptors (Lipinski definition) is 4. The number of nitriles is 1. The molecule has 21 heavy (non-hydrogen) atoms. The second kappa shape index (κ2) is 6.57. The average Bonchev–Trinajstić information content (AvgIpc) is 3.23. The van der Waals surface area contributed by atoms with Crippen LogP contribution in [0, 0.1) is 17.2 Å². The van der Waals surface area contributed by atoms with Gasteiger partial charge in [-0.25, -0.2) is 0 Å². The van der Waals surface area contributed by atoms with Crippen molar-refractivity contribution in [3.8, 4) is 6.07 Å². The van der Waals surface area contributed by atoms with Crippen molar-refractivity contribution in [2.45, 2.75) is 18.9 Å². The topological polar surface area (TPSA) is 102 Å². The van der Waals surface area contributed by atoms with Gasteiger partial charge in [-0.15, -0.1) is 0 Å². The number of carboxylic acid groups (broad SMARTS) is 1. The van der Waals surface area contributed by atoms with Gasteiger partial charge in [-0.2, -0.15) is 5.26 Å². The summed E-state index contributed by atoms with van der Waals surface area (Å²) in [5, 5.41) is 23.4. The molecule has 0 aromatic heterocycles. The molecule has 110 valence electrons. The molecule has 1 saturated carbocycles. The molecule has 1 unspecified atom stereocenters. The highest BCUT2D eigenvalue weighted by molar-refractivity contribution is 6.32. The Morgan fingerprint density at radius 3 is 2.71 bits per heavy atom. The van der Waals surface area contributed by atoms with Crippen LogP contribution in [0.2, 0.25) is 5.02 Å². The molecular weight excluding hydrogens is 294 g/mol. The number of aliphatic carboxylic acids is 1. The normalized spacial score (nSPS) is 15.0. The number of carboxylic acids is 1. The highest BCUT2D eigenvalue weighted by Crippen LogP contribution is 2.32. The molecule has 0 radical (unpaired) electrons. The van der Waals surface area contributed by atoms with Crippen molar-refractivity contribution in [3.05, 3.63) is 28.8 Å². The van der Waals surface area contributed by atoms with E-state index < -0.39 is 12.0 Å². The number of anilines is 1.